The molecule has 0 radical (unpaired) electrons. The summed E-state index contributed by atoms with van der Waals surface area (Å²) in [5.41, 5.74) is 0.865. The Morgan fingerprint density at radius 3 is 2.85 bits per heavy atom. The second kappa shape index (κ2) is 7.82. The minimum atomic E-state index is -0.303. The summed E-state index contributed by atoms with van der Waals surface area (Å²) in [6, 6.07) is 0. The first kappa shape index (κ1) is 18.3. The molecule has 1 N–H and O–H groups in total. The van der Waals surface area contributed by atoms with Gasteiger partial charge in [-0.05, 0) is 32.3 Å². The molecule has 0 aliphatic carbocycles. The van der Waals surface area contributed by atoms with Gasteiger partial charge in [0, 0.05) is 25.5 Å². The molecule has 0 saturated heterocycles. The third-order valence-electron chi connectivity index (χ3n) is 4.24. The number of nitrogens with zero attached hydrogens (tertiary/aromatic N) is 4. The van der Waals surface area contributed by atoms with Crippen LogP contribution in [0.15, 0.2) is 18.7 Å². The van der Waals surface area contributed by atoms with E-state index >= 15 is 0 Å². The van der Waals surface area contributed by atoms with Gasteiger partial charge in [0.05, 0.1) is 12.0 Å². The lowest BCUT2D eigenvalue weighted by Gasteiger charge is -2.15. The molecule has 0 spiro atoms. The minimum absolute atomic E-state index is 0.303. The zero-order valence-corrected chi connectivity index (χ0v) is 16.3. The van der Waals surface area contributed by atoms with Crippen molar-refractivity contribution in [3.8, 4) is 0 Å². The summed E-state index contributed by atoms with van der Waals surface area (Å²) in [6.45, 7) is 9.88. The van der Waals surface area contributed by atoms with Crippen molar-refractivity contribution in [1.29, 1.82) is 0 Å². The summed E-state index contributed by atoms with van der Waals surface area (Å²) in [7, 11) is 0. The number of hydrogen-bond acceptors (Lipinski definition) is 7. The number of carbonyl (C=O) groups excluding carboxylic acids is 1. The Kier molecular flexibility index (Phi) is 5.51. The van der Waals surface area contributed by atoms with E-state index in [9.17, 15) is 4.79 Å². The van der Waals surface area contributed by atoms with E-state index in [0.717, 1.165) is 40.5 Å². The molecule has 8 heteroatoms. The maximum Gasteiger partial charge on any atom is 0.348 e. The van der Waals surface area contributed by atoms with Gasteiger partial charge < -0.3 is 14.6 Å². The van der Waals surface area contributed by atoms with Crippen molar-refractivity contribution in [2.75, 3.05) is 18.5 Å². The SMILES string of the molecule is CCOC(=O)c1sc2ncnc(NC[C@@H](C)Cn3ccnc3C)c2c1C. The molecular weight excluding hydrogens is 350 g/mol. The smallest absolute Gasteiger partial charge is 0.348 e. The zero-order chi connectivity index (χ0) is 18.7. The van der Waals surface area contributed by atoms with Crippen molar-refractivity contribution in [2.45, 2.75) is 34.2 Å². The Hall–Kier alpha value is -2.48. The highest BCUT2D eigenvalue weighted by atomic mass is 32.1. The molecule has 0 saturated carbocycles. The predicted molar refractivity (Wildman–Crippen MR) is 103 cm³/mol. The number of thiophene rings is 1. The van der Waals surface area contributed by atoms with Gasteiger partial charge in [-0.15, -0.1) is 11.3 Å². The number of carbonyl (C=O) groups is 1. The van der Waals surface area contributed by atoms with E-state index in [4.69, 9.17) is 4.74 Å². The summed E-state index contributed by atoms with van der Waals surface area (Å²) in [5.74, 6) is 1.85. The van der Waals surface area contributed by atoms with Gasteiger partial charge in [-0.1, -0.05) is 6.92 Å². The normalized spacial score (nSPS) is 12.3. The number of esters is 1. The molecule has 0 bridgehead atoms. The van der Waals surface area contributed by atoms with Gasteiger partial charge in [0.25, 0.3) is 0 Å². The van der Waals surface area contributed by atoms with Gasteiger partial charge in [0.1, 0.15) is 27.7 Å². The van der Waals surface area contributed by atoms with Crippen LogP contribution in [0.3, 0.4) is 0 Å². The Morgan fingerprint density at radius 2 is 2.15 bits per heavy atom. The van der Waals surface area contributed by atoms with E-state index in [1.54, 1.807) is 6.92 Å². The van der Waals surface area contributed by atoms with Crippen molar-refractivity contribution < 1.29 is 9.53 Å². The average Bonchev–Trinajstić information content (AvgIpc) is 3.17. The number of fused-ring (bicyclic) bond motifs is 1. The van der Waals surface area contributed by atoms with Gasteiger partial charge in [0.2, 0.25) is 0 Å². The molecule has 3 heterocycles. The Labute approximate surface area is 156 Å². The van der Waals surface area contributed by atoms with E-state index in [2.05, 4.69) is 31.8 Å². The van der Waals surface area contributed by atoms with Gasteiger partial charge in [0.15, 0.2) is 0 Å². The first-order chi connectivity index (χ1) is 12.5. The highest BCUT2D eigenvalue weighted by molar-refractivity contribution is 7.20. The summed E-state index contributed by atoms with van der Waals surface area (Å²) in [5, 5.41) is 4.31. The predicted octanol–water partition coefficient (Wildman–Crippen LogP) is 3.43. The average molecular weight is 373 g/mol. The highest BCUT2D eigenvalue weighted by Crippen LogP contribution is 2.33. The molecule has 0 fully saturated rings. The summed E-state index contributed by atoms with van der Waals surface area (Å²) >= 11 is 1.35. The maximum atomic E-state index is 12.1. The van der Waals surface area contributed by atoms with Crippen LogP contribution in [0.2, 0.25) is 0 Å². The fourth-order valence-corrected chi connectivity index (χ4v) is 3.91. The van der Waals surface area contributed by atoms with Crippen LogP contribution in [0.25, 0.3) is 10.2 Å². The molecule has 3 aromatic rings. The molecule has 3 aromatic heterocycles. The summed E-state index contributed by atoms with van der Waals surface area (Å²) in [6.07, 6.45) is 5.33. The van der Waals surface area contributed by atoms with Crippen LogP contribution >= 0.6 is 11.3 Å². The van der Waals surface area contributed by atoms with E-state index in [0.29, 0.717) is 17.4 Å². The van der Waals surface area contributed by atoms with Crippen LogP contribution in [0.1, 0.15) is 34.9 Å². The molecule has 0 aliphatic rings. The van der Waals surface area contributed by atoms with Crippen molar-refractivity contribution in [1.82, 2.24) is 19.5 Å². The molecule has 3 rings (SSSR count). The number of ether oxygens (including phenoxy) is 1. The third-order valence-corrected chi connectivity index (χ3v) is 5.42. The van der Waals surface area contributed by atoms with Crippen LogP contribution in [0.4, 0.5) is 5.82 Å². The lowest BCUT2D eigenvalue weighted by Crippen LogP contribution is -2.18. The van der Waals surface area contributed by atoms with Crippen molar-refractivity contribution in [3.63, 3.8) is 0 Å². The van der Waals surface area contributed by atoms with Crippen molar-refractivity contribution in [3.05, 3.63) is 35.0 Å². The van der Waals surface area contributed by atoms with Gasteiger partial charge in [-0.25, -0.2) is 19.7 Å². The number of hydrogen-bond donors (Lipinski definition) is 1. The van der Waals surface area contributed by atoms with E-state index in [1.165, 1.54) is 17.7 Å². The molecule has 7 nitrogen and oxygen atoms in total. The Balaban J connectivity index is 1.77. The minimum Gasteiger partial charge on any atom is -0.462 e. The lowest BCUT2D eigenvalue weighted by atomic mass is 10.1. The van der Waals surface area contributed by atoms with E-state index in [-0.39, 0.29) is 5.97 Å². The molecule has 0 unspecified atom stereocenters. The largest absolute Gasteiger partial charge is 0.462 e. The topological polar surface area (TPSA) is 81.9 Å². The summed E-state index contributed by atoms with van der Waals surface area (Å²) in [4.78, 5) is 26.5. The fraction of sp³-hybridized carbons (Fsp3) is 0.444. The molecule has 26 heavy (non-hydrogen) atoms. The van der Waals surface area contributed by atoms with Crippen molar-refractivity contribution in [2.24, 2.45) is 5.92 Å². The molecular formula is C18H23N5O2S. The number of aryl methyl sites for hydroxylation is 2. The maximum absolute atomic E-state index is 12.1. The summed E-state index contributed by atoms with van der Waals surface area (Å²) < 4.78 is 7.28. The second-order valence-electron chi connectivity index (χ2n) is 6.29. The number of nitrogens with one attached hydrogen (secondary N) is 1. The zero-order valence-electron chi connectivity index (χ0n) is 15.4. The first-order valence-corrected chi connectivity index (χ1v) is 9.45. The Morgan fingerprint density at radius 1 is 1.35 bits per heavy atom. The van der Waals surface area contributed by atoms with Gasteiger partial charge >= 0.3 is 5.97 Å². The standard InChI is InChI=1S/C18H23N5O2S/c1-5-25-18(24)15-12(3)14-16(21-10-22-17(14)26-15)20-8-11(2)9-23-7-6-19-13(23)4/h6-7,10-11H,5,8-9H2,1-4H3,(H,20,21,22)/t11-/m1/s1. The van der Waals surface area contributed by atoms with Crippen molar-refractivity contribution >= 4 is 33.3 Å². The van der Waals surface area contributed by atoms with E-state index in [1.807, 2.05) is 26.2 Å². The van der Waals surface area contributed by atoms with Gasteiger partial charge in [-0.2, -0.15) is 0 Å². The highest BCUT2D eigenvalue weighted by Gasteiger charge is 2.20. The van der Waals surface area contributed by atoms with Crippen LogP contribution in [-0.2, 0) is 11.3 Å². The quantitative estimate of drug-likeness (QED) is 0.639. The number of aromatic nitrogens is 4. The molecule has 0 aromatic carbocycles. The van der Waals surface area contributed by atoms with E-state index < -0.39 is 0 Å². The number of anilines is 1. The van der Waals surface area contributed by atoms with Crippen LogP contribution in [0.5, 0.6) is 0 Å². The number of imidazole rings is 1. The number of rotatable bonds is 7. The fourth-order valence-electron chi connectivity index (χ4n) is 2.86. The van der Waals surface area contributed by atoms with Crippen LogP contribution in [0, 0.1) is 19.8 Å². The lowest BCUT2D eigenvalue weighted by molar-refractivity contribution is 0.0531. The Bertz CT molecular complexity index is 918. The molecule has 0 aliphatic heterocycles. The monoisotopic (exact) mass is 373 g/mol. The third kappa shape index (κ3) is 3.70. The molecule has 138 valence electrons. The van der Waals surface area contributed by atoms with Crippen LogP contribution < -0.4 is 5.32 Å². The molecule has 0 amide bonds. The van der Waals surface area contributed by atoms with Crippen LogP contribution in [-0.4, -0.2) is 38.6 Å². The first-order valence-electron chi connectivity index (χ1n) is 8.64. The second-order valence-corrected chi connectivity index (χ2v) is 7.29. The van der Waals surface area contributed by atoms with Gasteiger partial charge in [-0.3, -0.25) is 0 Å². The molecule has 1 atom stereocenters.